The number of piperidine rings is 1. The first kappa shape index (κ1) is 17.9. The second-order valence-corrected chi connectivity index (χ2v) is 8.22. The lowest BCUT2D eigenvalue weighted by atomic mass is 9.63. The van der Waals surface area contributed by atoms with Gasteiger partial charge in [-0.1, -0.05) is 34.5 Å². The fraction of sp³-hybridized carbons (Fsp3) is 0.632. The molecule has 4 nitrogen and oxygen atoms in total. The Morgan fingerprint density at radius 3 is 2.42 bits per heavy atom. The van der Waals surface area contributed by atoms with Gasteiger partial charge in [0.05, 0.1) is 12.0 Å². The maximum atomic E-state index is 13.0. The van der Waals surface area contributed by atoms with E-state index in [1.807, 2.05) is 12.1 Å². The molecule has 2 fully saturated rings. The fourth-order valence-corrected chi connectivity index (χ4v) is 4.28. The topological polar surface area (TPSA) is 50.4 Å². The molecule has 24 heavy (non-hydrogen) atoms. The summed E-state index contributed by atoms with van der Waals surface area (Å²) in [6.45, 7) is 3.41. The summed E-state index contributed by atoms with van der Waals surface area (Å²) in [5.41, 5.74) is 0.878. The first-order valence-electron chi connectivity index (χ1n) is 8.84. The van der Waals surface area contributed by atoms with Gasteiger partial charge in [0.2, 0.25) is 5.91 Å². The quantitative estimate of drug-likeness (QED) is 0.779. The molecule has 0 radical (unpaired) electrons. The Bertz CT molecular complexity index is 558. The molecular formula is C19H27BrN2O2. The van der Waals surface area contributed by atoms with Crippen LogP contribution in [0.3, 0.4) is 0 Å². The second kappa shape index (κ2) is 7.54. The van der Waals surface area contributed by atoms with E-state index in [0.717, 1.165) is 55.2 Å². The number of amides is 1. The number of ether oxygens (including phenoxy) is 1. The van der Waals surface area contributed by atoms with E-state index in [2.05, 4.69) is 38.7 Å². The molecule has 2 aliphatic rings. The zero-order valence-corrected chi connectivity index (χ0v) is 16.0. The number of halogens is 1. The number of benzene rings is 1. The van der Waals surface area contributed by atoms with Gasteiger partial charge in [-0.05, 0) is 56.5 Å². The first-order chi connectivity index (χ1) is 11.6. The number of hydrogen-bond acceptors (Lipinski definition) is 3. The maximum absolute atomic E-state index is 13.0. The molecule has 5 heteroatoms. The van der Waals surface area contributed by atoms with E-state index in [1.165, 1.54) is 0 Å². The van der Waals surface area contributed by atoms with Gasteiger partial charge in [-0.25, -0.2) is 0 Å². The highest BCUT2D eigenvalue weighted by molar-refractivity contribution is 9.10. The smallest absolute Gasteiger partial charge is 0.230 e. The number of nitrogens with one attached hydrogen (secondary N) is 2. The third-order valence-electron chi connectivity index (χ3n) is 5.78. The molecule has 1 saturated heterocycles. The van der Waals surface area contributed by atoms with Crippen molar-refractivity contribution in [3.05, 3.63) is 34.3 Å². The second-order valence-electron chi connectivity index (χ2n) is 7.31. The van der Waals surface area contributed by atoms with Crippen LogP contribution in [0.4, 0.5) is 0 Å². The molecule has 1 amide bonds. The van der Waals surface area contributed by atoms with Crippen molar-refractivity contribution in [1.29, 1.82) is 0 Å². The summed E-state index contributed by atoms with van der Waals surface area (Å²) in [5.74, 6) is 0.185. The lowest BCUT2D eigenvalue weighted by Gasteiger charge is -2.43. The van der Waals surface area contributed by atoms with Crippen LogP contribution in [0.25, 0.3) is 0 Å². The predicted octanol–water partition coefficient (Wildman–Crippen LogP) is 3.00. The third-order valence-corrected chi connectivity index (χ3v) is 6.31. The number of carbonyl (C=O) groups excluding carboxylic acids is 1. The van der Waals surface area contributed by atoms with Crippen molar-refractivity contribution in [2.45, 2.75) is 37.5 Å². The molecule has 0 unspecified atom stereocenters. The highest BCUT2D eigenvalue weighted by Gasteiger charge is 2.46. The minimum absolute atomic E-state index is 0.0698. The molecule has 0 bridgehead atoms. The van der Waals surface area contributed by atoms with Gasteiger partial charge in [-0.15, -0.1) is 0 Å². The number of methoxy groups -OCH3 is 1. The monoisotopic (exact) mass is 394 g/mol. The Kier molecular flexibility index (Phi) is 5.63. The molecule has 0 aromatic heterocycles. The van der Waals surface area contributed by atoms with Crippen molar-refractivity contribution in [2.75, 3.05) is 33.4 Å². The van der Waals surface area contributed by atoms with E-state index >= 15 is 0 Å². The van der Waals surface area contributed by atoms with E-state index in [1.54, 1.807) is 7.11 Å². The number of carbonyl (C=O) groups is 1. The molecule has 0 atom stereocenters. The van der Waals surface area contributed by atoms with Crippen molar-refractivity contribution in [3.8, 4) is 0 Å². The van der Waals surface area contributed by atoms with Crippen LogP contribution in [0, 0.1) is 5.41 Å². The van der Waals surface area contributed by atoms with E-state index in [9.17, 15) is 4.79 Å². The predicted molar refractivity (Wildman–Crippen MR) is 99.1 cm³/mol. The Balaban J connectivity index is 1.69. The van der Waals surface area contributed by atoms with Crippen molar-refractivity contribution in [2.24, 2.45) is 5.41 Å². The standard InChI is InChI=1S/C19H27BrN2O2/c1-24-14-18(9-11-21-12-10-18)13-22-17(23)19(7-2-8-19)15-3-5-16(20)6-4-15/h3-6,21H,2,7-14H2,1H3,(H,22,23). The summed E-state index contributed by atoms with van der Waals surface area (Å²) >= 11 is 3.48. The van der Waals surface area contributed by atoms with Crippen LogP contribution in [0.1, 0.15) is 37.7 Å². The molecular weight excluding hydrogens is 368 g/mol. The van der Waals surface area contributed by atoms with Gasteiger partial charge >= 0.3 is 0 Å². The summed E-state index contributed by atoms with van der Waals surface area (Å²) < 4.78 is 6.51. The lowest BCUT2D eigenvalue weighted by molar-refractivity contribution is -0.130. The summed E-state index contributed by atoms with van der Waals surface area (Å²) in [4.78, 5) is 13.0. The van der Waals surface area contributed by atoms with Gasteiger partial charge in [0.1, 0.15) is 0 Å². The minimum atomic E-state index is -0.331. The summed E-state index contributed by atoms with van der Waals surface area (Å²) in [6.07, 6.45) is 5.11. The van der Waals surface area contributed by atoms with Crippen molar-refractivity contribution in [3.63, 3.8) is 0 Å². The average Bonchev–Trinajstić information content (AvgIpc) is 2.55. The fourth-order valence-electron chi connectivity index (χ4n) is 4.02. The molecule has 1 aliphatic carbocycles. The molecule has 1 aromatic rings. The molecule has 2 N–H and O–H groups in total. The van der Waals surface area contributed by atoms with Crippen LogP contribution in [-0.2, 0) is 14.9 Å². The lowest BCUT2D eigenvalue weighted by Crippen LogP contribution is -2.53. The summed E-state index contributed by atoms with van der Waals surface area (Å²) in [5, 5.41) is 6.67. The molecule has 3 rings (SSSR count). The van der Waals surface area contributed by atoms with Crippen LogP contribution in [0.15, 0.2) is 28.7 Å². The Hall–Kier alpha value is -0.910. The molecule has 1 aromatic carbocycles. The largest absolute Gasteiger partial charge is 0.384 e. The normalized spacial score (nSPS) is 21.8. The highest BCUT2D eigenvalue weighted by Crippen LogP contribution is 2.44. The van der Waals surface area contributed by atoms with Gasteiger partial charge in [0.25, 0.3) is 0 Å². The maximum Gasteiger partial charge on any atom is 0.230 e. The van der Waals surface area contributed by atoms with Gasteiger partial charge < -0.3 is 15.4 Å². The Labute approximate surface area is 152 Å². The molecule has 1 heterocycles. The van der Waals surface area contributed by atoms with Gasteiger partial charge in [0.15, 0.2) is 0 Å². The SMILES string of the molecule is COCC1(CNC(=O)C2(c3ccc(Br)cc3)CCC2)CCNCC1. The third kappa shape index (κ3) is 3.53. The van der Waals surface area contributed by atoms with Gasteiger partial charge in [-0.3, -0.25) is 4.79 Å². The van der Waals surface area contributed by atoms with Crippen LogP contribution >= 0.6 is 15.9 Å². The zero-order valence-electron chi connectivity index (χ0n) is 14.4. The van der Waals surface area contributed by atoms with E-state index < -0.39 is 0 Å². The highest BCUT2D eigenvalue weighted by atomic mass is 79.9. The Morgan fingerprint density at radius 2 is 1.88 bits per heavy atom. The van der Waals surface area contributed by atoms with Crippen LogP contribution in [0.2, 0.25) is 0 Å². The molecule has 0 spiro atoms. The number of hydrogen-bond donors (Lipinski definition) is 2. The average molecular weight is 395 g/mol. The van der Waals surface area contributed by atoms with E-state index in [4.69, 9.17) is 4.74 Å². The Morgan fingerprint density at radius 1 is 1.21 bits per heavy atom. The van der Waals surface area contributed by atoms with Gasteiger partial charge in [-0.2, -0.15) is 0 Å². The van der Waals surface area contributed by atoms with Crippen molar-refractivity contribution >= 4 is 21.8 Å². The summed E-state index contributed by atoms with van der Waals surface area (Å²) in [7, 11) is 1.75. The minimum Gasteiger partial charge on any atom is -0.384 e. The van der Waals surface area contributed by atoms with Crippen molar-refractivity contribution in [1.82, 2.24) is 10.6 Å². The molecule has 1 saturated carbocycles. The first-order valence-corrected chi connectivity index (χ1v) is 9.64. The van der Waals surface area contributed by atoms with E-state index in [-0.39, 0.29) is 16.7 Å². The molecule has 132 valence electrons. The van der Waals surface area contributed by atoms with Gasteiger partial charge in [0, 0.05) is 23.5 Å². The van der Waals surface area contributed by atoms with E-state index in [0.29, 0.717) is 13.2 Å². The molecule has 1 aliphatic heterocycles. The number of rotatable bonds is 6. The van der Waals surface area contributed by atoms with Crippen LogP contribution in [0.5, 0.6) is 0 Å². The van der Waals surface area contributed by atoms with Crippen molar-refractivity contribution < 1.29 is 9.53 Å². The summed E-state index contributed by atoms with van der Waals surface area (Å²) in [6, 6.07) is 8.22. The van der Waals surface area contributed by atoms with Crippen LogP contribution in [-0.4, -0.2) is 39.3 Å². The zero-order chi connectivity index (χ0) is 17.0. The van der Waals surface area contributed by atoms with Crippen LogP contribution < -0.4 is 10.6 Å².